The lowest BCUT2D eigenvalue weighted by Gasteiger charge is -2.23. The number of benzene rings is 2. The number of nitrogens with zero attached hydrogens (tertiary/aromatic N) is 2. The molecule has 33 heavy (non-hydrogen) atoms. The van der Waals surface area contributed by atoms with Gasteiger partial charge in [0.05, 0.1) is 17.1 Å². The molecule has 3 N–H and O–H groups in total. The molecule has 1 aliphatic heterocycles. The van der Waals surface area contributed by atoms with Crippen molar-refractivity contribution >= 4 is 28.9 Å². The molecule has 3 aromatic rings. The van der Waals surface area contributed by atoms with Gasteiger partial charge in [-0.25, -0.2) is 9.78 Å². The van der Waals surface area contributed by atoms with Crippen LogP contribution >= 0.6 is 0 Å². The van der Waals surface area contributed by atoms with Crippen LogP contribution in [-0.2, 0) is 16.0 Å². The average molecular weight is 448 g/mol. The maximum absolute atomic E-state index is 13.0. The number of hydrogen-bond acceptors (Lipinski definition) is 4. The lowest BCUT2D eigenvalue weighted by atomic mass is 9.93. The van der Waals surface area contributed by atoms with Gasteiger partial charge >= 0.3 is 6.03 Å². The van der Waals surface area contributed by atoms with Crippen molar-refractivity contribution in [1.29, 1.82) is 0 Å². The number of hydrogen-bond donors (Lipinski definition) is 3. The molecular weight excluding hydrogens is 418 g/mol. The second kappa shape index (κ2) is 9.05. The van der Waals surface area contributed by atoms with Crippen LogP contribution in [-0.4, -0.2) is 44.8 Å². The Morgan fingerprint density at radius 3 is 2.48 bits per heavy atom. The summed E-state index contributed by atoms with van der Waals surface area (Å²) in [5.41, 5.74) is 1.75. The van der Waals surface area contributed by atoms with Crippen LogP contribution in [0.5, 0.6) is 0 Å². The smallest absolute Gasteiger partial charge is 0.325 e. The fraction of sp³-hybridized carbons (Fsp3) is 0.360. The summed E-state index contributed by atoms with van der Waals surface area (Å²) in [5, 5.41) is 5.71. The number of carbonyl (C=O) groups excluding carboxylic acids is 3. The molecule has 2 aromatic carbocycles. The Bertz CT molecular complexity index is 1140. The van der Waals surface area contributed by atoms with Crippen molar-refractivity contribution in [2.75, 3.05) is 6.54 Å². The van der Waals surface area contributed by atoms with Gasteiger partial charge in [0, 0.05) is 0 Å². The van der Waals surface area contributed by atoms with Crippen molar-refractivity contribution in [2.45, 2.75) is 45.2 Å². The monoisotopic (exact) mass is 447 g/mol. The lowest BCUT2D eigenvalue weighted by molar-refractivity contribution is -0.135. The number of amides is 4. The molecular formula is C25H29N5O3. The summed E-state index contributed by atoms with van der Waals surface area (Å²) in [6, 6.07) is 16.5. The first-order valence-corrected chi connectivity index (χ1v) is 11.2. The summed E-state index contributed by atoms with van der Waals surface area (Å²) >= 11 is 0. The van der Waals surface area contributed by atoms with Crippen molar-refractivity contribution in [3.63, 3.8) is 0 Å². The number of imide groups is 1. The zero-order valence-electron chi connectivity index (χ0n) is 19.1. The van der Waals surface area contributed by atoms with E-state index in [1.165, 1.54) is 0 Å². The Kier molecular flexibility index (Phi) is 6.18. The number of para-hydroxylation sites is 2. The number of H-pyrrole nitrogens is 1. The van der Waals surface area contributed by atoms with E-state index in [4.69, 9.17) is 0 Å². The summed E-state index contributed by atoms with van der Waals surface area (Å²) in [5.74, 6) is -0.105. The Balaban J connectivity index is 1.42. The van der Waals surface area contributed by atoms with Gasteiger partial charge in [-0.3, -0.25) is 14.5 Å². The van der Waals surface area contributed by atoms with Gasteiger partial charge in [0.2, 0.25) is 5.91 Å². The van der Waals surface area contributed by atoms with Crippen LogP contribution in [0.1, 0.15) is 44.6 Å². The van der Waals surface area contributed by atoms with Crippen molar-refractivity contribution in [1.82, 2.24) is 25.5 Å². The molecule has 8 nitrogen and oxygen atoms in total. The fourth-order valence-corrected chi connectivity index (χ4v) is 4.13. The highest BCUT2D eigenvalue weighted by Gasteiger charge is 2.48. The van der Waals surface area contributed by atoms with Crippen LogP contribution in [0.4, 0.5) is 4.79 Å². The largest absolute Gasteiger partial charge is 0.344 e. The molecule has 0 bridgehead atoms. The van der Waals surface area contributed by atoms with E-state index in [9.17, 15) is 14.4 Å². The summed E-state index contributed by atoms with van der Waals surface area (Å²) < 4.78 is 0. The summed E-state index contributed by atoms with van der Waals surface area (Å²) in [4.78, 5) is 47.3. The third-order valence-corrected chi connectivity index (χ3v) is 6.09. The van der Waals surface area contributed by atoms with E-state index < -0.39 is 17.5 Å². The maximum atomic E-state index is 13.0. The van der Waals surface area contributed by atoms with E-state index in [1.54, 1.807) is 6.92 Å². The van der Waals surface area contributed by atoms with Crippen molar-refractivity contribution in [3.8, 4) is 0 Å². The number of urea groups is 1. The first-order valence-electron chi connectivity index (χ1n) is 11.2. The second-order valence-corrected chi connectivity index (χ2v) is 9.07. The molecule has 1 fully saturated rings. The maximum Gasteiger partial charge on any atom is 0.325 e. The molecule has 0 radical (unpaired) electrons. The van der Waals surface area contributed by atoms with Crippen LogP contribution < -0.4 is 10.6 Å². The average Bonchev–Trinajstić information content (AvgIpc) is 3.31. The Labute approximate surface area is 192 Å². The minimum Gasteiger partial charge on any atom is -0.344 e. The number of nitrogens with one attached hydrogen (secondary N) is 3. The quantitative estimate of drug-likeness (QED) is 0.461. The van der Waals surface area contributed by atoms with Gasteiger partial charge in [0.15, 0.2) is 0 Å². The van der Waals surface area contributed by atoms with Crippen molar-refractivity contribution in [3.05, 3.63) is 66.0 Å². The van der Waals surface area contributed by atoms with Gasteiger partial charge in [-0.2, -0.15) is 0 Å². The van der Waals surface area contributed by atoms with Gasteiger partial charge in [-0.15, -0.1) is 0 Å². The lowest BCUT2D eigenvalue weighted by Crippen LogP contribution is -2.46. The van der Waals surface area contributed by atoms with Crippen LogP contribution in [0.15, 0.2) is 54.6 Å². The SMILES string of the molecule is CC(C)[C@@H](NC(=O)CN1C(=O)N[C@@](C)(CCc2ccccc2)C1=O)c1nc2ccccc2[nH]1. The summed E-state index contributed by atoms with van der Waals surface area (Å²) in [7, 11) is 0. The van der Waals surface area contributed by atoms with E-state index in [-0.39, 0.29) is 24.4 Å². The number of aryl methyl sites for hydroxylation is 1. The molecule has 1 aliphatic rings. The summed E-state index contributed by atoms with van der Waals surface area (Å²) in [6.07, 6.45) is 1.10. The molecule has 1 saturated heterocycles. The normalized spacial score (nSPS) is 19.2. The van der Waals surface area contributed by atoms with Gasteiger partial charge in [-0.1, -0.05) is 56.3 Å². The molecule has 4 amide bonds. The number of aromatic nitrogens is 2. The van der Waals surface area contributed by atoms with E-state index >= 15 is 0 Å². The first-order chi connectivity index (χ1) is 15.8. The number of imidazole rings is 1. The van der Waals surface area contributed by atoms with Gasteiger partial charge in [0.25, 0.3) is 5.91 Å². The number of rotatable bonds is 8. The van der Waals surface area contributed by atoms with Gasteiger partial charge in [-0.05, 0) is 43.4 Å². The molecule has 4 rings (SSSR count). The highest BCUT2D eigenvalue weighted by molar-refractivity contribution is 6.08. The topological polar surface area (TPSA) is 107 Å². The molecule has 0 unspecified atom stereocenters. The zero-order chi connectivity index (χ0) is 23.6. The minimum atomic E-state index is -1.04. The standard InChI is InChI=1S/C25H29N5O3/c1-16(2)21(22-26-18-11-7-8-12-19(18)27-22)28-20(31)15-30-23(32)25(3,29-24(30)33)14-13-17-9-5-4-6-10-17/h4-12,16,21H,13-15H2,1-3H3,(H,26,27)(H,28,31)(H,29,33)/t21-,25+/m1/s1. The third kappa shape index (κ3) is 4.74. The molecule has 1 aromatic heterocycles. The van der Waals surface area contributed by atoms with Crippen molar-refractivity contribution < 1.29 is 14.4 Å². The highest BCUT2D eigenvalue weighted by atomic mass is 16.2. The molecule has 8 heteroatoms. The molecule has 0 spiro atoms. The first kappa shape index (κ1) is 22.5. The fourth-order valence-electron chi connectivity index (χ4n) is 4.13. The van der Waals surface area contributed by atoms with E-state index in [1.807, 2.05) is 68.4 Å². The minimum absolute atomic E-state index is 0.0498. The Morgan fingerprint density at radius 1 is 1.09 bits per heavy atom. The summed E-state index contributed by atoms with van der Waals surface area (Å²) in [6.45, 7) is 5.33. The van der Waals surface area contributed by atoms with Gasteiger partial charge < -0.3 is 15.6 Å². The van der Waals surface area contributed by atoms with E-state index in [2.05, 4.69) is 20.6 Å². The van der Waals surface area contributed by atoms with Gasteiger partial charge in [0.1, 0.15) is 17.9 Å². The van der Waals surface area contributed by atoms with Crippen LogP contribution in [0.25, 0.3) is 11.0 Å². The van der Waals surface area contributed by atoms with E-state index in [0.717, 1.165) is 21.5 Å². The Hall–Kier alpha value is -3.68. The molecule has 172 valence electrons. The number of aromatic amines is 1. The second-order valence-electron chi connectivity index (χ2n) is 9.07. The number of fused-ring (bicyclic) bond motifs is 1. The number of carbonyl (C=O) groups is 3. The third-order valence-electron chi connectivity index (χ3n) is 6.09. The molecule has 2 heterocycles. The highest BCUT2D eigenvalue weighted by Crippen LogP contribution is 2.25. The van der Waals surface area contributed by atoms with Crippen molar-refractivity contribution in [2.24, 2.45) is 5.92 Å². The van der Waals surface area contributed by atoms with Crippen LogP contribution in [0, 0.1) is 5.92 Å². The predicted molar refractivity (Wildman–Crippen MR) is 125 cm³/mol. The molecule has 0 aliphatic carbocycles. The molecule has 0 saturated carbocycles. The zero-order valence-corrected chi connectivity index (χ0v) is 19.1. The van der Waals surface area contributed by atoms with Crippen LogP contribution in [0.2, 0.25) is 0 Å². The van der Waals surface area contributed by atoms with E-state index in [0.29, 0.717) is 18.7 Å². The predicted octanol–water partition coefficient (Wildman–Crippen LogP) is 3.32. The molecule has 2 atom stereocenters. The Morgan fingerprint density at radius 2 is 1.79 bits per heavy atom. The van der Waals surface area contributed by atoms with Crippen LogP contribution in [0.3, 0.4) is 0 Å².